The van der Waals surface area contributed by atoms with Crippen molar-refractivity contribution in [3.63, 3.8) is 0 Å². The highest BCUT2D eigenvalue weighted by Gasteiger charge is 2.32. The molecule has 1 atom stereocenters. The van der Waals surface area contributed by atoms with Gasteiger partial charge in [-0.25, -0.2) is 9.59 Å². The van der Waals surface area contributed by atoms with Gasteiger partial charge in [0, 0.05) is 12.0 Å². The Morgan fingerprint density at radius 1 is 1.38 bits per heavy atom. The minimum atomic E-state index is -0.991. The van der Waals surface area contributed by atoms with Crippen molar-refractivity contribution in [2.75, 3.05) is 7.11 Å². The quantitative estimate of drug-likeness (QED) is 0.857. The third-order valence-corrected chi connectivity index (χ3v) is 3.82. The first-order valence-corrected chi connectivity index (χ1v) is 7.24. The van der Waals surface area contributed by atoms with E-state index in [9.17, 15) is 14.4 Å². The van der Waals surface area contributed by atoms with Gasteiger partial charge in [-0.2, -0.15) is 0 Å². The second-order valence-corrected chi connectivity index (χ2v) is 5.38. The molecule has 1 aliphatic heterocycles. The summed E-state index contributed by atoms with van der Waals surface area (Å²) < 4.78 is 10.2. The van der Waals surface area contributed by atoms with E-state index >= 15 is 0 Å². The Bertz CT molecular complexity index is 828. The number of carboxylic acid groups (broad SMARTS) is 1. The molecule has 0 bridgehead atoms. The summed E-state index contributed by atoms with van der Waals surface area (Å²) >= 11 is 0. The van der Waals surface area contributed by atoms with Crippen LogP contribution in [0.4, 0.5) is 0 Å². The smallest absolute Gasteiger partial charge is 0.337 e. The number of hydrogen-bond donors (Lipinski definition) is 1. The van der Waals surface area contributed by atoms with E-state index in [4.69, 9.17) is 9.84 Å². The van der Waals surface area contributed by atoms with Gasteiger partial charge in [-0.15, -0.1) is 0 Å². The van der Waals surface area contributed by atoms with Crippen molar-refractivity contribution in [3.05, 3.63) is 64.8 Å². The van der Waals surface area contributed by atoms with E-state index in [1.165, 1.54) is 25.3 Å². The van der Waals surface area contributed by atoms with E-state index in [0.717, 1.165) is 0 Å². The number of fused-ring (bicyclic) bond motifs is 1. The molecule has 0 radical (unpaired) electrons. The number of carbonyl (C=O) groups excluding carboxylic acids is 2. The first-order valence-electron chi connectivity index (χ1n) is 7.24. The maximum Gasteiger partial charge on any atom is 0.337 e. The van der Waals surface area contributed by atoms with Crippen molar-refractivity contribution in [3.8, 4) is 5.75 Å². The van der Waals surface area contributed by atoms with Crippen molar-refractivity contribution in [1.82, 2.24) is 0 Å². The number of ketones is 1. The van der Waals surface area contributed by atoms with Crippen LogP contribution in [0.15, 0.2) is 53.6 Å². The van der Waals surface area contributed by atoms with Gasteiger partial charge in [0.15, 0.2) is 6.10 Å². The number of benzene rings is 1. The molecule has 0 aromatic heterocycles. The first-order chi connectivity index (χ1) is 11.5. The van der Waals surface area contributed by atoms with Crippen LogP contribution in [0.3, 0.4) is 0 Å². The summed E-state index contributed by atoms with van der Waals surface area (Å²) in [6, 6.07) is 4.53. The molecule has 1 aromatic carbocycles. The number of Topliss-reactive ketones (excluding diaryl/α,β-unsaturated/α-hetero) is 1. The summed E-state index contributed by atoms with van der Waals surface area (Å²) in [5.41, 5.74) is 1.53. The molecule has 2 aliphatic rings. The minimum Gasteiger partial charge on any atom is -0.478 e. The summed E-state index contributed by atoms with van der Waals surface area (Å²) in [5.74, 6) is -1.40. The number of rotatable bonds is 3. The molecular weight excluding hydrogens is 312 g/mol. The van der Waals surface area contributed by atoms with Crippen LogP contribution in [0.2, 0.25) is 0 Å². The third-order valence-electron chi connectivity index (χ3n) is 3.82. The molecule has 1 heterocycles. The molecule has 1 unspecified atom stereocenters. The molecule has 1 N–H and O–H groups in total. The summed E-state index contributed by atoms with van der Waals surface area (Å²) in [6.45, 7) is 0. The fraction of sp³-hybridized carbons (Fsp3) is 0.167. The zero-order valence-corrected chi connectivity index (χ0v) is 12.8. The van der Waals surface area contributed by atoms with Gasteiger partial charge in [-0.3, -0.25) is 4.79 Å². The number of carboxylic acids is 1. The minimum absolute atomic E-state index is 0.225. The van der Waals surface area contributed by atoms with E-state index < -0.39 is 18.0 Å². The summed E-state index contributed by atoms with van der Waals surface area (Å²) in [6.07, 6.45) is 5.89. The normalized spacial score (nSPS) is 20.4. The monoisotopic (exact) mass is 326 g/mol. The van der Waals surface area contributed by atoms with E-state index in [-0.39, 0.29) is 23.3 Å². The van der Waals surface area contributed by atoms with Crippen LogP contribution in [0.1, 0.15) is 27.1 Å². The molecule has 24 heavy (non-hydrogen) atoms. The molecule has 3 rings (SSSR count). The lowest BCUT2D eigenvalue weighted by atomic mass is 9.97. The number of methoxy groups -OCH3 is 1. The predicted octanol–water partition coefficient (Wildman–Crippen LogP) is 2.31. The van der Waals surface area contributed by atoms with Gasteiger partial charge in [0.2, 0.25) is 5.78 Å². The van der Waals surface area contributed by atoms with Gasteiger partial charge < -0.3 is 14.6 Å². The van der Waals surface area contributed by atoms with Crippen molar-refractivity contribution < 1.29 is 29.0 Å². The molecule has 0 spiro atoms. The maximum atomic E-state index is 12.5. The van der Waals surface area contributed by atoms with Crippen LogP contribution in [0.5, 0.6) is 5.75 Å². The molecule has 6 nitrogen and oxygen atoms in total. The SMILES string of the molecule is COC(=O)c1ccc2c(c1)C(=O)C(/C=C1\C=CC=C(C(=O)O)C1)O2. The highest BCUT2D eigenvalue weighted by Crippen LogP contribution is 2.31. The number of aliphatic carboxylic acids is 1. The maximum absolute atomic E-state index is 12.5. The number of esters is 1. The lowest BCUT2D eigenvalue weighted by molar-refractivity contribution is -0.132. The van der Waals surface area contributed by atoms with Gasteiger partial charge in [0.25, 0.3) is 0 Å². The Morgan fingerprint density at radius 2 is 2.17 bits per heavy atom. The van der Waals surface area contributed by atoms with Crippen LogP contribution < -0.4 is 4.74 Å². The van der Waals surface area contributed by atoms with Crippen LogP contribution in [-0.4, -0.2) is 36.0 Å². The predicted molar refractivity (Wildman–Crippen MR) is 84.1 cm³/mol. The largest absolute Gasteiger partial charge is 0.478 e. The van der Waals surface area contributed by atoms with Crippen molar-refractivity contribution >= 4 is 17.7 Å². The van der Waals surface area contributed by atoms with Crippen molar-refractivity contribution in [1.29, 1.82) is 0 Å². The Balaban J connectivity index is 1.83. The van der Waals surface area contributed by atoms with Crippen molar-refractivity contribution in [2.24, 2.45) is 0 Å². The Kier molecular flexibility index (Phi) is 4.04. The topological polar surface area (TPSA) is 89.9 Å². The van der Waals surface area contributed by atoms with Crippen LogP contribution in [-0.2, 0) is 9.53 Å². The molecular formula is C18H14O6. The standard InChI is InChI=1S/C18H14O6/c1-23-18(22)12-5-6-14-13(9-12)16(19)15(24-14)8-10-3-2-4-11(7-10)17(20)21/h2-6,8-9,15H,7H2,1H3,(H,20,21)/b10-8+. The second kappa shape index (κ2) is 6.16. The summed E-state index contributed by atoms with van der Waals surface area (Å²) in [5, 5.41) is 9.05. The van der Waals surface area contributed by atoms with Gasteiger partial charge in [0.05, 0.1) is 18.2 Å². The third kappa shape index (κ3) is 2.86. The molecule has 6 heteroatoms. The van der Waals surface area contributed by atoms with Crippen molar-refractivity contribution in [2.45, 2.75) is 12.5 Å². The Morgan fingerprint density at radius 3 is 2.88 bits per heavy atom. The van der Waals surface area contributed by atoms with Gasteiger partial charge >= 0.3 is 11.9 Å². The zero-order valence-electron chi connectivity index (χ0n) is 12.8. The molecule has 0 amide bonds. The molecule has 1 aliphatic carbocycles. The summed E-state index contributed by atoms with van der Waals surface area (Å²) in [7, 11) is 1.27. The van der Waals surface area contributed by atoms with Gasteiger partial charge in [-0.05, 0) is 29.8 Å². The second-order valence-electron chi connectivity index (χ2n) is 5.38. The number of ether oxygens (including phenoxy) is 2. The van der Waals surface area contributed by atoms with Gasteiger partial charge in [0.1, 0.15) is 5.75 Å². The van der Waals surface area contributed by atoms with E-state index in [1.807, 2.05) is 0 Å². The van der Waals surface area contributed by atoms with E-state index in [0.29, 0.717) is 16.9 Å². The Hall–Kier alpha value is -3.15. The number of carbonyl (C=O) groups is 3. The average Bonchev–Trinajstić information content (AvgIpc) is 2.90. The lowest BCUT2D eigenvalue weighted by Crippen LogP contribution is -2.18. The van der Waals surface area contributed by atoms with Crippen LogP contribution >= 0.6 is 0 Å². The highest BCUT2D eigenvalue weighted by molar-refractivity contribution is 6.07. The molecule has 0 saturated heterocycles. The van der Waals surface area contributed by atoms with Crippen LogP contribution in [0.25, 0.3) is 0 Å². The number of hydrogen-bond acceptors (Lipinski definition) is 5. The highest BCUT2D eigenvalue weighted by atomic mass is 16.5. The molecule has 0 fully saturated rings. The number of allylic oxidation sites excluding steroid dienone is 4. The Labute approximate surface area is 137 Å². The van der Waals surface area contributed by atoms with Crippen LogP contribution in [0, 0.1) is 0 Å². The first kappa shape index (κ1) is 15.7. The average molecular weight is 326 g/mol. The van der Waals surface area contributed by atoms with E-state index in [1.54, 1.807) is 24.3 Å². The zero-order chi connectivity index (χ0) is 17.3. The fourth-order valence-corrected chi connectivity index (χ4v) is 2.60. The van der Waals surface area contributed by atoms with Gasteiger partial charge in [-0.1, -0.05) is 18.2 Å². The summed E-state index contributed by atoms with van der Waals surface area (Å²) in [4.78, 5) is 35.1. The molecule has 122 valence electrons. The molecule has 0 saturated carbocycles. The fourth-order valence-electron chi connectivity index (χ4n) is 2.60. The lowest BCUT2D eigenvalue weighted by Gasteiger charge is -2.10. The van der Waals surface area contributed by atoms with E-state index in [2.05, 4.69) is 4.74 Å². The molecule has 1 aromatic rings.